The monoisotopic (exact) mass is 204 g/mol. The zero-order valence-electron chi connectivity index (χ0n) is 7.01. The maximum Gasteiger partial charge on any atom is 0.419 e. The normalized spacial score (nSPS) is 13.6. The van der Waals surface area contributed by atoms with Crippen molar-refractivity contribution in [2.75, 3.05) is 0 Å². The van der Waals surface area contributed by atoms with Gasteiger partial charge in [-0.1, -0.05) is 0 Å². The molecular weight excluding hydrogens is 197 g/mol. The van der Waals surface area contributed by atoms with E-state index in [2.05, 4.69) is 4.42 Å². The minimum Gasteiger partial charge on any atom is -0.472 e. The van der Waals surface area contributed by atoms with E-state index in [0.717, 1.165) is 6.26 Å². The number of alkyl halides is 3. The second-order valence-electron chi connectivity index (χ2n) is 2.71. The summed E-state index contributed by atoms with van der Waals surface area (Å²) < 4.78 is 41.3. The summed E-state index contributed by atoms with van der Waals surface area (Å²) in [5, 5.41) is 8.29. The van der Waals surface area contributed by atoms with Crippen molar-refractivity contribution in [1.82, 2.24) is 0 Å². The lowest BCUT2D eigenvalue weighted by atomic mass is 10.0. The van der Waals surface area contributed by atoms with Gasteiger partial charge < -0.3 is 10.2 Å². The number of nitrogens with two attached hydrogens (primary N) is 1. The Bertz CT molecular complexity index is 350. The highest BCUT2D eigenvalue weighted by atomic mass is 19.4. The minimum atomic E-state index is -4.49. The number of hydrogen-bond acceptors (Lipinski definition) is 3. The second-order valence-corrected chi connectivity index (χ2v) is 2.71. The molecule has 1 aromatic rings. The van der Waals surface area contributed by atoms with Crippen molar-refractivity contribution in [3.05, 3.63) is 23.7 Å². The number of hydrogen-bond donors (Lipinski definition) is 1. The summed E-state index contributed by atoms with van der Waals surface area (Å²) in [6, 6.07) is 0.738. The molecule has 0 aromatic carbocycles. The Balaban J connectivity index is 3.00. The van der Waals surface area contributed by atoms with Crippen LogP contribution in [0.5, 0.6) is 0 Å². The molecule has 0 fully saturated rings. The predicted molar refractivity (Wildman–Crippen MR) is 40.9 cm³/mol. The van der Waals surface area contributed by atoms with E-state index in [1.807, 2.05) is 0 Å². The van der Waals surface area contributed by atoms with Crippen LogP contribution in [0.15, 0.2) is 16.9 Å². The molecule has 14 heavy (non-hydrogen) atoms. The van der Waals surface area contributed by atoms with Crippen LogP contribution in [0.25, 0.3) is 0 Å². The number of nitrogens with zero attached hydrogens (tertiary/aromatic N) is 1. The van der Waals surface area contributed by atoms with Gasteiger partial charge >= 0.3 is 6.18 Å². The Hall–Kier alpha value is -1.48. The van der Waals surface area contributed by atoms with Gasteiger partial charge in [-0.2, -0.15) is 18.4 Å². The van der Waals surface area contributed by atoms with Crippen LogP contribution in [-0.2, 0) is 6.18 Å². The minimum absolute atomic E-state index is 0.178. The second kappa shape index (κ2) is 3.72. The van der Waals surface area contributed by atoms with Crippen LogP contribution >= 0.6 is 0 Å². The van der Waals surface area contributed by atoms with Gasteiger partial charge in [0.05, 0.1) is 24.3 Å². The summed E-state index contributed by atoms with van der Waals surface area (Å²) in [7, 11) is 0. The lowest BCUT2D eigenvalue weighted by Gasteiger charge is -2.09. The summed E-state index contributed by atoms with van der Waals surface area (Å²) in [5.74, 6) is 0. The van der Waals surface area contributed by atoms with Gasteiger partial charge in [0, 0.05) is 11.6 Å². The summed E-state index contributed by atoms with van der Waals surface area (Å²) >= 11 is 0. The summed E-state index contributed by atoms with van der Waals surface area (Å²) in [6.45, 7) is 0. The number of halogens is 3. The first-order chi connectivity index (χ1) is 6.46. The van der Waals surface area contributed by atoms with Crippen LogP contribution in [0.1, 0.15) is 23.6 Å². The quantitative estimate of drug-likeness (QED) is 0.803. The summed E-state index contributed by atoms with van der Waals surface area (Å²) in [6.07, 6.45) is -3.16. The van der Waals surface area contributed by atoms with Crippen molar-refractivity contribution >= 4 is 0 Å². The molecule has 1 rings (SSSR count). The van der Waals surface area contributed by atoms with E-state index in [0.29, 0.717) is 6.26 Å². The molecule has 0 saturated heterocycles. The average Bonchev–Trinajstić information content (AvgIpc) is 2.50. The van der Waals surface area contributed by atoms with Crippen LogP contribution in [0, 0.1) is 11.3 Å². The van der Waals surface area contributed by atoms with Gasteiger partial charge in [-0.05, 0) is 0 Å². The first-order valence-corrected chi connectivity index (χ1v) is 3.72. The standard InChI is InChI=1S/C8H7F3N2O/c9-8(10,11)6-4-14-3-5(6)7(13)1-2-12/h3-4,7H,1,13H2/t7-/m1/s1. The number of furan rings is 1. The Morgan fingerprint density at radius 2 is 2.14 bits per heavy atom. The highest BCUT2D eigenvalue weighted by Gasteiger charge is 2.36. The molecule has 1 atom stereocenters. The van der Waals surface area contributed by atoms with Crippen molar-refractivity contribution in [3.8, 4) is 6.07 Å². The summed E-state index contributed by atoms with van der Waals surface area (Å²) in [5.41, 5.74) is 4.27. The van der Waals surface area contributed by atoms with Gasteiger partial charge in [0.2, 0.25) is 0 Å². The van der Waals surface area contributed by atoms with Gasteiger partial charge in [0.25, 0.3) is 0 Å². The zero-order chi connectivity index (χ0) is 10.8. The Morgan fingerprint density at radius 3 is 2.64 bits per heavy atom. The molecule has 6 heteroatoms. The SMILES string of the molecule is N#CC[C@@H](N)c1cocc1C(F)(F)F. The molecule has 0 unspecified atom stereocenters. The van der Waals surface area contributed by atoms with Crippen molar-refractivity contribution in [2.24, 2.45) is 5.73 Å². The van der Waals surface area contributed by atoms with Crippen molar-refractivity contribution in [3.63, 3.8) is 0 Å². The molecule has 0 amide bonds. The molecule has 0 saturated carbocycles. The molecule has 0 radical (unpaired) electrons. The van der Waals surface area contributed by atoms with Crippen LogP contribution in [0.3, 0.4) is 0 Å². The topological polar surface area (TPSA) is 63.0 Å². The Kier molecular flexibility index (Phi) is 2.81. The smallest absolute Gasteiger partial charge is 0.419 e. The van der Waals surface area contributed by atoms with Gasteiger partial charge in [-0.3, -0.25) is 0 Å². The van der Waals surface area contributed by atoms with Crippen molar-refractivity contribution in [1.29, 1.82) is 5.26 Å². The molecule has 1 heterocycles. The maximum absolute atomic E-state index is 12.3. The van der Waals surface area contributed by atoms with E-state index >= 15 is 0 Å². The largest absolute Gasteiger partial charge is 0.472 e. The van der Waals surface area contributed by atoms with Crippen LogP contribution < -0.4 is 5.73 Å². The van der Waals surface area contributed by atoms with Gasteiger partial charge in [0.1, 0.15) is 6.26 Å². The van der Waals surface area contributed by atoms with E-state index in [9.17, 15) is 13.2 Å². The molecule has 0 spiro atoms. The lowest BCUT2D eigenvalue weighted by molar-refractivity contribution is -0.138. The maximum atomic E-state index is 12.3. The van der Waals surface area contributed by atoms with Crippen LogP contribution in [-0.4, -0.2) is 0 Å². The molecule has 0 aliphatic heterocycles. The van der Waals surface area contributed by atoms with E-state index < -0.39 is 17.8 Å². The third-order valence-electron chi connectivity index (χ3n) is 1.71. The molecule has 0 aliphatic rings. The van der Waals surface area contributed by atoms with E-state index in [-0.39, 0.29) is 12.0 Å². The lowest BCUT2D eigenvalue weighted by Crippen LogP contribution is -2.15. The first kappa shape index (κ1) is 10.6. The Labute approximate surface area is 77.9 Å². The molecule has 0 bridgehead atoms. The zero-order valence-corrected chi connectivity index (χ0v) is 7.01. The molecule has 1 aromatic heterocycles. The van der Waals surface area contributed by atoms with E-state index in [1.54, 1.807) is 6.07 Å². The predicted octanol–water partition coefficient (Wildman–Crippen LogP) is 2.21. The van der Waals surface area contributed by atoms with E-state index in [4.69, 9.17) is 11.0 Å². The van der Waals surface area contributed by atoms with Crippen LogP contribution in [0.4, 0.5) is 13.2 Å². The van der Waals surface area contributed by atoms with Crippen LogP contribution in [0.2, 0.25) is 0 Å². The third-order valence-corrected chi connectivity index (χ3v) is 1.71. The number of nitriles is 1. The fraction of sp³-hybridized carbons (Fsp3) is 0.375. The van der Waals surface area contributed by atoms with Crippen molar-refractivity contribution < 1.29 is 17.6 Å². The fourth-order valence-corrected chi connectivity index (χ4v) is 1.03. The molecule has 2 N–H and O–H groups in total. The summed E-state index contributed by atoms with van der Waals surface area (Å²) in [4.78, 5) is 0. The molecule has 3 nitrogen and oxygen atoms in total. The third kappa shape index (κ3) is 2.06. The van der Waals surface area contributed by atoms with Gasteiger partial charge in [-0.25, -0.2) is 0 Å². The Morgan fingerprint density at radius 1 is 1.50 bits per heavy atom. The molecule has 0 aliphatic carbocycles. The highest BCUT2D eigenvalue weighted by molar-refractivity contribution is 5.27. The highest BCUT2D eigenvalue weighted by Crippen LogP contribution is 2.35. The van der Waals surface area contributed by atoms with Gasteiger partial charge in [0.15, 0.2) is 0 Å². The molecular formula is C8H7F3N2O. The first-order valence-electron chi connectivity index (χ1n) is 3.72. The van der Waals surface area contributed by atoms with E-state index in [1.165, 1.54) is 0 Å². The number of rotatable bonds is 2. The fourth-order valence-electron chi connectivity index (χ4n) is 1.03. The van der Waals surface area contributed by atoms with Crippen molar-refractivity contribution in [2.45, 2.75) is 18.6 Å². The van der Waals surface area contributed by atoms with Gasteiger partial charge in [-0.15, -0.1) is 0 Å². The average molecular weight is 204 g/mol. The molecule has 76 valence electrons.